The first kappa shape index (κ1) is 56.4. The van der Waals surface area contributed by atoms with E-state index in [1.807, 2.05) is 20.8 Å². The highest BCUT2D eigenvalue weighted by molar-refractivity contribution is 5.67. The Morgan fingerprint density at radius 3 is 2.27 bits per heavy atom. The average Bonchev–Trinajstić information content (AvgIpc) is 3.59. The summed E-state index contributed by atoms with van der Waals surface area (Å²) in [6.45, 7) is 23.1. The van der Waals surface area contributed by atoms with Crippen molar-refractivity contribution in [3.63, 3.8) is 0 Å². The van der Waals surface area contributed by atoms with Crippen molar-refractivity contribution >= 4 is 5.97 Å². The van der Waals surface area contributed by atoms with E-state index < -0.39 is 71.1 Å². The van der Waals surface area contributed by atoms with Crippen molar-refractivity contribution in [3.8, 4) is 0 Å². The molecule has 0 unspecified atom stereocenters. The van der Waals surface area contributed by atoms with Crippen LogP contribution >= 0.6 is 0 Å². The Labute approximate surface area is 445 Å². The van der Waals surface area contributed by atoms with E-state index in [9.17, 15) is 30.3 Å². The van der Waals surface area contributed by atoms with Crippen molar-refractivity contribution in [2.75, 3.05) is 6.61 Å². The van der Waals surface area contributed by atoms with Gasteiger partial charge in [0, 0.05) is 44.6 Å². The number of rotatable bonds is 11. The number of ether oxygens (including phenoxy) is 10. The molecule has 0 amide bonds. The summed E-state index contributed by atoms with van der Waals surface area (Å²) < 4.78 is 69.8. The second-order valence-corrected chi connectivity index (χ2v) is 26.3. The van der Waals surface area contributed by atoms with Crippen molar-refractivity contribution in [2.45, 2.75) is 297 Å². The van der Waals surface area contributed by atoms with E-state index in [0.717, 1.165) is 17.6 Å². The van der Waals surface area contributed by atoms with Crippen LogP contribution in [0.25, 0.3) is 0 Å². The normalized spacial score (nSPS) is 51.6. The first-order valence-electron chi connectivity index (χ1n) is 29.0. The summed E-state index contributed by atoms with van der Waals surface area (Å²) >= 11 is 0. The lowest BCUT2D eigenvalue weighted by Crippen LogP contribution is -2.74. The third kappa shape index (κ3) is 11.3. The molecule has 10 heterocycles. The van der Waals surface area contributed by atoms with Crippen LogP contribution in [-0.2, 0) is 52.2 Å². The van der Waals surface area contributed by atoms with Gasteiger partial charge in [0.2, 0.25) is 0 Å². The van der Waals surface area contributed by atoms with E-state index in [1.165, 1.54) is 0 Å². The topological polar surface area (TPSA) is 211 Å². The van der Waals surface area contributed by atoms with Gasteiger partial charge in [-0.15, -0.1) is 0 Å². The van der Waals surface area contributed by atoms with Crippen LogP contribution in [-0.4, -0.2) is 176 Å². The van der Waals surface area contributed by atoms with Gasteiger partial charge in [-0.25, -0.2) is 0 Å². The van der Waals surface area contributed by atoms with Crippen LogP contribution in [0, 0.1) is 23.7 Å². The number of carbonyl (C=O) groups is 1. The average molecular weight is 1060 g/mol. The van der Waals surface area contributed by atoms with Crippen LogP contribution in [0.15, 0.2) is 36.0 Å². The van der Waals surface area contributed by atoms with Gasteiger partial charge in [-0.3, -0.25) is 4.79 Å². The number of aliphatic carboxylic acids is 1. The Balaban J connectivity index is 0.787. The Bertz CT molecular complexity index is 2100. The molecule has 0 aromatic rings. The van der Waals surface area contributed by atoms with Gasteiger partial charge in [0.25, 0.3) is 0 Å². The van der Waals surface area contributed by atoms with E-state index >= 15 is 0 Å². The third-order valence-corrected chi connectivity index (χ3v) is 19.8. The van der Waals surface area contributed by atoms with Gasteiger partial charge in [-0.2, -0.15) is 0 Å². The standard InChI is InChI=1S/C59H92O16/c1-30(18-31(2)28-60)19-42-33(4)21-48-56(7,74-42)27-46-54(71-48)55(65)59(10)50(69-46)26-45-53(75-59)32(3)12-11-13-40-39(67-45)16-17-47-57(8,72-40)29-58(9)49(70-47)25-44-41(73-58)15-14-38(62)43(68-44)24-36(61)23-37-20-34(5)52(66-37)35(6)22-51(63)64/h11-12,18,31-32,34-50,52-55,60-62,65H,4,13-17,19-29H2,1-3,5-10H3,(H,63,64)/b12-11-,30-18+/t31-,32+,34+,35+,36-,37-,38+,39+,40-,41+,42-,43+,44-,45-,46-,47-,48-,49+,50+,52-,53+,54-,55+,56+,57+,58-,59+/m1/s1. The first-order valence-corrected chi connectivity index (χ1v) is 29.0. The lowest BCUT2D eigenvalue weighted by Gasteiger charge is -2.61. The van der Waals surface area contributed by atoms with Crippen molar-refractivity contribution in [1.82, 2.24) is 0 Å². The van der Waals surface area contributed by atoms with Gasteiger partial charge in [0.15, 0.2) is 0 Å². The van der Waals surface area contributed by atoms with Gasteiger partial charge in [-0.05, 0) is 116 Å². The molecule has 0 aromatic carbocycles. The van der Waals surface area contributed by atoms with Crippen molar-refractivity contribution in [2.24, 2.45) is 23.7 Å². The van der Waals surface area contributed by atoms with E-state index in [1.54, 1.807) is 0 Å². The molecule has 10 rings (SSSR count). The molecule has 5 N–H and O–H groups in total. The Morgan fingerprint density at radius 1 is 0.773 bits per heavy atom. The van der Waals surface area contributed by atoms with Gasteiger partial charge in [0.1, 0.15) is 17.8 Å². The maximum Gasteiger partial charge on any atom is 0.303 e. The molecule has 16 heteroatoms. The molecule has 75 heavy (non-hydrogen) atoms. The van der Waals surface area contributed by atoms with Crippen LogP contribution < -0.4 is 0 Å². The molecular formula is C59H92O16. The molecule has 0 aliphatic carbocycles. The number of carboxylic acids is 1. The summed E-state index contributed by atoms with van der Waals surface area (Å²) in [5.41, 5.74) is -0.952. The fourth-order valence-electron chi connectivity index (χ4n) is 15.8. The zero-order valence-corrected chi connectivity index (χ0v) is 46.3. The minimum atomic E-state index is -1.05. The highest BCUT2D eigenvalue weighted by Gasteiger charge is 2.65. The molecule has 0 aromatic heterocycles. The number of aliphatic hydroxyl groups is 4. The maximum atomic E-state index is 12.4. The summed E-state index contributed by atoms with van der Waals surface area (Å²) in [6, 6.07) is 0. The van der Waals surface area contributed by atoms with Crippen LogP contribution in [0.5, 0.6) is 0 Å². The second kappa shape index (κ2) is 21.9. The molecule has 10 aliphatic heterocycles. The van der Waals surface area contributed by atoms with Gasteiger partial charge in [0.05, 0.1) is 127 Å². The minimum absolute atomic E-state index is 0.0214. The van der Waals surface area contributed by atoms with E-state index in [-0.39, 0.29) is 116 Å². The van der Waals surface area contributed by atoms with Crippen LogP contribution in [0.2, 0.25) is 0 Å². The molecule has 0 radical (unpaired) electrons. The van der Waals surface area contributed by atoms with Crippen LogP contribution in [0.4, 0.5) is 0 Å². The SMILES string of the molecule is C=C1C[C@H]2O[C@@H]3[C@@H](C[C@]2(C)O[C@@H]1C/C(C)=C/[C@@H](C)CO)O[C@H]1C[C@H]2O[C@H]4CC[C@H]5O[C@H]6C[C@H]7O[C@@H](C[C@H](O)C[C@H]8C[C@H](C)[C@H]([C@@H](C)CC(=O)O)O8)[C@@H](O)CC[C@@H]7O[C@]6(C)C[C@]5(C)O[C@@H]4C/C=C\[C@H](C)[C@@H]2O[C@]1(C)[C@H]3O. The number of hydrogen-bond donors (Lipinski definition) is 5. The molecule has 0 spiro atoms. The first-order chi connectivity index (χ1) is 35.5. The summed E-state index contributed by atoms with van der Waals surface area (Å²) in [6.07, 6.45) is 6.94. The molecule has 16 nitrogen and oxygen atoms in total. The maximum absolute atomic E-state index is 12.4. The van der Waals surface area contributed by atoms with Crippen molar-refractivity contribution in [3.05, 3.63) is 36.0 Å². The molecule has 9 saturated heterocycles. The minimum Gasteiger partial charge on any atom is -0.481 e. The lowest BCUT2D eigenvalue weighted by molar-refractivity contribution is -0.369. The van der Waals surface area contributed by atoms with Gasteiger partial charge in [-0.1, -0.05) is 58.1 Å². The van der Waals surface area contributed by atoms with Crippen LogP contribution in [0.1, 0.15) is 159 Å². The largest absolute Gasteiger partial charge is 0.481 e. The van der Waals surface area contributed by atoms with Crippen molar-refractivity contribution < 1.29 is 77.7 Å². The fourth-order valence-corrected chi connectivity index (χ4v) is 15.8. The summed E-state index contributed by atoms with van der Waals surface area (Å²) in [4.78, 5) is 11.4. The molecular weight excluding hydrogens is 965 g/mol. The quantitative estimate of drug-likeness (QED) is 0.134. The molecule has 0 bridgehead atoms. The summed E-state index contributed by atoms with van der Waals surface area (Å²) in [7, 11) is 0. The summed E-state index contributed by atoms with van der Waals surface area (Å²) in [5, 5.41) is 54.2. The Kier molecular flexibility index (Phi) is 16.5. The predicted octanol–water partition coefficient (Wildman–Crippen LogP) is 6.84. The zero-order valence-electron chi connectivity index (χ0n) is 46.3. The van der Waals surface area contributed by atoms with E-state index in [2.05, 4.69) is 66.3 Å². The molecule has 10 aliphatic rings. The predicted molar refractivity (Wildman–Crippen MR) is 276 cm³/mol. The highest BCUT2D eigenvalue weighted by Crippen LogP contribution is 2.54. The Hall–Kier alpha value is -1.87. The molecule has 27 atom stereocenters. The smallest absolute Gasteiger partial charge is 0.303 e. The van der Waals surface area contributed by atoms with Gasteiger partial charge >= 0.3 is 5.97 Å². The Morgan fingerprint density at radius 2 is 1.51 bits per heavy atom. The molecule has 0 saturated carbocycles. The lowest BCUT2D eigenvalue weighted by atomic mass is 9.72. The van der Waals surface area contributed by atoms with Crippen molar-refractivity contribution in [1.29, 1.82) is 0 Å². The number of fused-ring (bicyclic) bond motifs is 8. The second-order valence-electron chi connectivity index (χ2n) is 26.3. The fraction of sp³-hybridized carbons (Fsp3) is 0.881. The third-order valence-electron chi connectivity index (χ3n) is 19.8. The van der Waals surface area contributed by atoms with E-state index in [0.29, 0.717) is 77.0 Å². The monoisotopic (exact) mass is 1060 g/mol. The number of carboxylic acid groups (broad SMARTS) is 1. The van der Waals surface area contributed by atoms with Gasteiger partial charge < -0.3 is 72.9 Å². The number of hydrogen-bond acceptors (Lipinski definition) is 15. The zero-order chi connectivity index (χ0) is 53.5. The van der Waals surface area contributed by atoms with Crippen LogP contribution in [0.3, 0.4) is 0 Å². The van der Waals surface area contributed by atoms with E-state index in [4.69, 9.17) is 47.4 Å². The molecule has 9 fully saturated rings. The highest BCUT2D eigenvalue weighted by atomic mass is 16.6. The summed E-state index contributed by atoms with van der Waals surface area (Å²) in [5.74, 6) is -0.742. The number of aliphatic hydroxyl groups excluding tert-OH is 4. The molecule has 424 valence electrons.